The molecule has 0 atom stereocenters. The fourth-order valence-corrected chi connectivity index (χ4v) is 3.43. The van der Waals surface area contributed by atoms with Crippen LogP contribution in [0, 0.1) is 0 Å². The number of hydrogen-bond acceptors (Lipinski definition) is 3. The van der Waals surface area contributed by atoms with Gasteiger partial charge in [0.05, 0.1) is 11.4 Å². The minimum Gasteiger partial charge on any atom is -0.389 e. The van der Waals surface area contributed by atoms with Crippen molar-refractivity contribution >= 4 is 21.6 Å². The van der Waals surface area contributed by atoms with Crippen LogP contribution in [0.1, 0.15) is 38.5 Å². The van der Waals surface area contributed by atoms with E-state index < -0.39 is 15.6 Å². The molecule has 0 aromatic carbocycles. The third-order valence-electron chi connectivity index (χ3n) is 3.00. The number of hydrogen-bond donors (Lipinski definition) is 2. The van der Waals surface area contributed by atoms with Gasteiger partial charge in [0.1, 0.15) is 0 Å². The Balaban J connectivity index is 2.46. The summed E-state index contributed by atoms with van der Waals surface area (Å²) >= 11 is 5.39. The van der Waals surface area contributed by atoms with Gasteiger partial charge in [0.15, 0.2) is 0 Å². The molecule has 0 radical (unpaired) electrons. The third-order valence-corrected chi connectivity index (χ3v) is 4.74. The molecule has 0 heterocycles. The number of rotatable bonds is 5. The molecule has 4 nitrogen and oxygen atoms in total. The molecule has 1 aliphatic rings. The molecule has 16 heavy (non-hydrogen) atoms. The van der Waals surface area contributed by atoms with E-state index >= 15 is 0 Å². The lowest BCUT2D eigenvalue weighted by Crippen LogP contribution is -2.43. The molecule has 2 N–H and O–H groups in total. The normalized spacial score (nSPS) is 21.6. The van der Waals surface area contributed by atoms with Crippen LogP contribution >= 0.6 is 11.6 Å². The van der Waals surface area contributed by atoms with Crippen LogP contribution in [-0.4, -0.2) is 37.3 Å². The van der Waals surface area contributed by atoms with Gasteiger partial charge in [0, 0.05) is 12.4 Å². The summed E-state index contributed by atoms with van der Waals surface area (Å²) in [6.07, 6.45) is 5.53. The van der Waals surface area contributed by atoms with E-state index in [0.29, 0.717) is 12.8 Å². The van der Waals surface area contributed by atoms with Gasteiger partial charge < -0.3 is 5.11 Å². The van der Waals surface area contributed by atoms with Gasteiger partial charge in [-0.15, -0.1) is 11.6 Å². The van der Waals surface area contributed by atoms with E-state index in [-0.39, 0.29) is 18.2 Å². The molecule has 96 valence electrons. The highest BCUT2D eigenvalue weighted by molar-refractivity contribution is 7.89. The number of alkyl halides is 1. The molecule has 1 rings (SSSR count). The molecule has 0 amide bonds. The van der Waals surface area contributed by atoms with Crippen molar-refractivity contribution in [1.29, 1.82) is 0 Å². The first-order chi connectivity index (χ1) is 7.47. The van der Waals surface area contributed by atoms with Gasteiger partial charge in [0.25, 0.3) is 0 Å². The zero-order valence-electron chi connectivity index (χ0n) is 9.41. The second-order valence-electron chi connectivity index (χ2n) is 4.47. The van der Waals surface area contributed by atoms with E-state index in [9.17, 15) is 13.5 Å². The second-order valence-corrected chi connectivity index (χ2v) is 6.77. The molecule has 0 aromatic heterocycles. The fourth-order valence-electron chi connectivity index (χ4n) is 1.98. The van der Waals surface area contributed by atoms with Crippen LogP contribution in [-0.2, 0) is 10.0 Å². The van der Waals surface area contributed by atoms with E-state index in [4.69, 9.17) is 11.6 Å². The Kier molecular flexibility index (Phi) is 5.50. The number of aliphatic hydroxyl groups is 1. The third kappa shape index (κ3) is 4.99. The lowest BCUT2D eigenvalue weighted by atomic mass is 9.95. The van der Waals surface area contributed by atoms with Gasteiger partial charge in [-0.05, 0) is 12.8 Å². The monoisotopic (exact) mass is 269 g/mol. The molecule has 1 aliphatic carbocycles. The first-order valence-electron chi connectivity index (χ1n) is 5.73. The molecule has 0 aliphatic heterocycles. The predicted molar refractivity (Wildman–Crippen MR) is 65.2 cm³/mol. The average Bonchev–Trinajstić information content (AvgIpc) is 2.41. The Morgan fingerprint density at radius 3 is 2.25 bits per heavy atom. The lowest BCUT2D eigenvalue weighted by Gasteiger charge is -2.26. The van der Waals surface area contributed by atoms with Crippen molar-refractivity contribution in [2.75, 3.05) is 18.2 Å². The second kappa shape index (κ2) is 6.19. The molecular weight excluding hydrogens is 250 g/mol. The van der Waals surface area contributed by atoms with Gasteiger partial charge >= 0.3 is 0 Å². The van der Waals surface area contributed by atoms with Crippen molar-refractivity contribution < 1.29 is 13.5 Å². The Morgan fingerprint density at radius 2 is 1.75 bits per heavy atom. The van der Waals surface area contributed by atoms with E-state index in [0.717, 1.165) is 25.7 Å². The summed E-state index contributed by atoms with van der Waals surface area (Å²) in [6.45, 7) is 0.117. The molecule has 6 heteroatoms. The molecular formula is C10H20ClNO3S. The molecule has 0 bridgehead atoms. The number of sulfonamides is 1. The van der Waals surface area contributed by atoms with Crippen molar-refractivity contribution in [3.05, 3.63) is 0 Å². The first kappa shape index (κ1) is 14.2. The average molecular weight is 270 g/mol. The van der Waals surface area contributed by atoms with Gasteiger partial charge in [-0.1, -0.05) is 25.7 Å². The van der Waals surface area contributed by atoms with Crippen molar-refractivity contribution in [2.24, 2.45) is 0 Å². The summed E-state index contributed by atoms with van der Waals surface area (Å²) in [5.74, 6) is -0.0155. The van der Waals surface area contributed by atoms with Crippen molar-refractivity contribution in [3.8, 4) is 0 Å². The van der Waals surface area contributed by atoms with Crippen LogP contribution in [0.25, 0.3) is 0 Å². The molecule has 0 spiro atoms. The Hall–Kier alpha value is 0.160. The molecule has 0 aromatic rings. The minimum absolute atomic E-state index is 0.0771. The van der Waals surface area contributed by atoms with E-state index in [1.54, 1.807) is 0 Å². The van der Waals surface area contributed by atoms with Gasteiger partial charge in [-0.3, -0.25) is 0 Å². The van der Waals surface area contributed by atoms with Crippen molar-refractivity contribution in [1.82, 2.24) is 4.72 Å². The Morgan fingerprint density at radius 1 is 1.19 bits per heavy atom. The Bertz CT molecular complexity index is 297. The van der Waals surface area contributed by atoms with Gasteiger partial charge in [-0.25, -0.2) is 13.1 Å². The maximum atomic E-state index is 11.4. The molecule has 0 saturated heterocycles. The largest absolute Gasteiger partial charge is 0.389 e. The van der Waals surface area contributed by atoms with Crippen LogP contribution in [0.4, 0.5) is 0 Å². The SMILES string of the molecule is O=S(=O)(CCCl)NCC1(O)CCCCCC1. The summed E-state index contributed by atoms with van der Waals surface area (Å²) in [7, 11) is -3.32. The van der Waals surface area contributed by atoms with Crippen molar-refractivity contribution in [3.63, 3.8) is 0 Å². The maximum absolute atomic E-state index is 11.4. The molecule has 0 unspecified atom stereocenters. The lowest BCUT2D eigenvalue weighted by molar-refractivity contribution is 0.0303. The van der Waals surface area contributed by atoms with E-state index in [1.807, 2.05) is 0 Å². The summed E-state index contributed by atoms with van der Waals surface area (Å²) in [5, 5.41) is 10.2. The summed E-state index contributed by atoms with van der Waals surface area (Å²) in [5.41, 5.74) is -0.865. The fraction of sp³-hybridized carbons (Fsp3) is 1.00. The standard InChI is InChI=1S/C10H20ClNO3S/c11-7-8-16(14,15)12-9-10(13)5-3-1-2-4-6-10/h12-13H,1-9H2. The highest BCUT2D eigenvalue weighted by atomic mass is 35.5. The highest BCUT2D eigenvalue weighted by Crippen LogP contribution is 2.26. The first-order valence-corrected chi connectivity index (χ1v) is 7.92. The van der Waals surface area contributed by atoms with Crippen LogP contribution in [0.3, 0.4) is 0 Å². The molecule has 1 saturated carbocycles. The molecule has 1 fully saturated rings. The topological polar surface area (TPSA) is 66.4 Å². The van der Waals surface area contributed by atoms with E-state index in [2.05, 4.69) is 4.72 Å². The highest BCUT2D eigenvalue weighted by Gasteiger charge is 2.29. The minimum atomic E-state index is -3.32. The Labute approximate surface area is 102 Å². The smallest absolute Gasteiger partial charge is 0.212 e. The number of nitrogens with one attached hydrogen (secondary N) is 1. The number of halogens is 1. The van der Waals surface area contributed by atoms with Crippen LogP contribution in [0.5, 0.6) is 0 Å². The maximum Gasteiger partial charge on any atom is 0.212 e. The summed E-state index contributed by atoms with van der Waals surface area (Å²) in [4.78, 5) is 0. The summed E-state index contributed by atoms with van der Waals surface area (Å²) in [6, 6.07) is 0. The van der Waals surface area contributed by atoms with Crippen molar-refractivity contribution in [2.45, 2.75) is 44.1 Å². The quantitative estimate of drug-likeness (QED) is 0.583. The zero-order valence-corrected chi connectivity index (χ0v) is 11.0. The summed E-state index contributed by atoms with van der Waals surface area (Å²) < 4.78 is 25.2. The van der Waals surface area contributed by atoms with Crippen LogP contribution < -0.4 is 4.72 Å². The zero-order chi connectivity index (χ0) is 12.1. The van der Waals surface area contributed by atoms with Crippen LogP contribution in [0.2, 0.25) is 0 Å². The van der Waals surface area contributed by atoms with Gasteiger partial charge in [-0.2, -0.15) is 0 Å². The van der Waals surface area contributed by atoms with Gasteiger partial charge in [0.2, 0.25) is 10.0 Å². The van der Waals surface area contributed by atoms with E-state index in [1.165, 1.54) is 0 Å². The van der Waals surface area contributed by atoms with Crippen LogP contribution in [0.15, 0.2) is 0 Å². The predicted octanol–water partition coefficient (Wildman–Crippen LogP) is 1.23.